The number of amides is 1. The SMILES string of the molecule is O=C(C1CCOCC1)N1CCCn2nc([C@@H](O)C3CC3)cc2C1. The molecule has 1 aromatic rings. The predicted molar refractivity (Wildman–Crippen MR) is 83.5 cm³/mol. The summed E-state index contributed by atoms with van der Waals surface area (Å²) in [6, 6.07) is 2.00. The summed E-state index contributed by atoms with van der Waals surface area (Å²) in [5, 5.41) is 14.9. The average Bonchev–Trinajstić information content (AvgIpc) is 3.38. The van der Waals surface area contributed by atoms with E-state index in [2.05, 4.69) is 5.10 Å². The van der Waals surface area contributed by atoms with E-state index in [0.29, 0.717) is 25.7 Å². The smallest absolute Gasteiger partial charge is 0.226 e. The van der Waals surface area contributed by atoms with Crippen LogP contribution in [0.1, 0.15) is 49.6 Å². The summed E-state index contributed by atoms with van der Waals surface area (Å²) >= 11 is 0. The molecule has 6 heteroatoms. The Morgan fingerprint density at radius 1 is 1.26 bits per heavy atom. The van der Waals surface area contributed by atoms with E-state index in [1.807, 2.05) is 15.6 Å². The molecular weight excluding hydrogens is 294 g/mol. The maximum Gasteiger partial charge on any atom is 0.226 e. The standard InChI is InChI=1S/C17H25N3O3/c21-16(12-2-3-12)15-10-14-11-19(6-1-7-20(14)18-15)17(22)13-4-8-23-9-5-13/h10,12-13,16,21H,1-9,11H2/t16-/m0/s1. The third-order valence-electron chi connectivity index (χ3n) is 5.29. The highest BCUT2D eigenvalue weighted by atomic mass is 16.5. The Morgan fingerprint density at radius 2 is 2.04 bits per heavy atom. The van der Waals surface area contributed by atoms with Gasteiger partial charge in [-0.2, -0.15) is 5.10 Å². The van der Waals surface area contributed by atoms with Gasteiger partial charge in [0.25, 0.3) is 0 Å². The van der Waals surface area contributed by atoms with E-state index in [1.54, 1.807) is 0 Å². The fourth-order valence-electron chi connectivity index (χ4n) is 3.67. The van der Waals surface area contributed by atoms with E-state index in [1.165, 1.54) is 0 Å². The molecule has 4 rings (SSSR count). The third-order valence-corrected chi connectivity index (χ3v) is 5.29. The summed E-state index contributed by atoms with van der Waals surface area (Å²) in [6.07, 6.45) is 4.34. The Labute approximate surface area is 136 Å². The minimum atomic E-state index is -0.436. The molecule has 6 nitrogen and oxygen atoms in total. The Morgan fingerprint density at radius 3 is 2.78 bits per heavy atom. The van der Waals surface area contributed by atoms with Gasteiger partial charge in [0.15, 0.2) is 0 Å². The monoisotopic (exact) mass is 319 g/mol. The maximum absolute atomic E-state index is 12.8. The second-order valence-electron chi connectivity index (χ2n) is 7.07. The van der Waals surface area contributed by atoms with Gasteiger partial charge in [0.05, 0.1) is 17.9 Å². The Balaban J connectivity index is 1.48. The van der Waals surface area contributed by atoms with Gasteiger partial charge < -0.3 is 14.7 Å². The van der Waals surface area contributed by atoms with Gasteiger partial charge in [-0.05, 0) is 44.1 Å². The number of carbonyl (C=O) groups excluding carboxylic acids is 1. The summed E-state index contributed by atoms with van der Waals surface area (Å²) in [4.78, 5) is 14.7. The Kier molecular flexibility index (Phi) is 4.11. The number of carbonyl (C=O) groups is 1. The number of ether oxygens (including phenoxy) is 1. The van der Waals surface area contributed by atoms with Gasteiger partial charge in [0.2, 0.25) is 5.91 Å². The average molecular weight is 319 g/mol. The number of hydrogen-bond acceptors (Lipinski definition) is 4. The molecule has 0 bridgehead atoms. The van der Waals surface area contributed by atoms with E-state index in [0.717, 1.165) is 56.6 Å². The van der Waals surface area contributed by atoms with E-state index in [9.17, 15) is 9.90 Å². The van der Waals surface area contributed by atoms with Crippen molar-refractivity contribution in [3.8, 4) is 0 Å². The fraction of sp³-hybridized carbons (Fsp3) is 0.765. The van der Waals surface area contributed by atoms with Crippen LogP contribution in [0.25, 0.3) is 0 Å². The lowest BCUT2D eigenvalue weighted by Gasteiger charge is -2.28. The molecule has 1 aromatic heterocycles. The van der Waals surface area contributed by atoms with Crippen molar-refractivity contribution in [2.45, 2.75) is 51.3 Å². The Bertz CT molecular complexity index is 576. The van der Waals surface area contributed by atoms with Crippen LogP contribution in [0, 0.1) is 11.8 Å². The van der Waals surface area contributed by atoms with Crippen LogP contribution in [0.5, 0.6) is 0 Å². The summed E-state index contributed by atoms with van der Waals surface area (Å²) in [7, 11) is 0. The van der Waals surface area contributed by atoms with Crippen molar-refractivity contribution < 1.29 is 14.6 Å². The Hall–Kier alpha value is -1.40. The summed E-state index contributed by atoms with van der Waals surface area (Å²) in [6.45, 7) is 3.62. The summed E-state index contributed by atoms with van der Waals surface area (Å²) < 4.78 is 7.35. The highest BCUT2D eigenvalue weighted by molar-refractivity contribution is 5.79. The molecule has 126 valence electrons. The first-order valence-electron chi connectivity index (χ1n) is 8.83. The minimum Gasteiger partial charge on any atom is -0.386 e. The topological polar surface area (TPSA) is 67.6 Å². The van der Waals surface area contributed by atoms with Gasteiger partial charge in [0, 0.05) is 32.2 Å². The molecule has 3 heterocycles. The molecule has 0 radical (unpaired) electrons. The quantitative estimate of drug-likeness (QED) is 0.916. The molecule has 1 saturated heterocycles. The van der Waals surface area contributed by atoms with Crippen molar-refractivity contribution in [3.63, 3.8) is 0 Å². The lowest BCUT2D eigenvalue weighted by atomic mass is 9.98. The molecule has 0 spiro atoms. The number of aryl methyl sites for hydroxylation is 1. The van der Waals surface area contributed by atoms with E-state index in [4.69, 9.17) is 4.74 Å². The lowest BCUT2D eigenvalue weighted by molar-refractivity contribution is -0.139. The van der Waals surface area contributed by atoms with Crippen LogP contribution < -0.4 is 0 Å². The highest BCUT2D eigenvalue weighted by Gasteiger charge is 2.34. The van der Waals surface area contributed by atoms with E-state index >= 15 is 0 Å². The van der Waals surface area contributed by atoms with E-state index < -0.39 is 6.10 Å². The molecule has 1 atom stereocenters. The van der Waals surface area contributed by atoms with Crippen LogP contribution in [0.3, 0.4) is 0 Å². The normalized spacial score (nSPS) is 24.1. The highest BCUT2D eigenvalue weighted by Crippen LogP contribution is 2.40. The summed E-state index contributed by atoms with van der Waals surface area (Å²) in [5.41, 5.74) is 1.83. The molecule has 2 fully saturated rings. The lowest BCUT2D eigenvalue weighted by Crippen LogP contribution is -2.38. The number of aromatic nitrogens is 2. The molecule has 1 N–H and O–H groups in total. The second kappa shape index (κ2) is 6.24. The molecule has 3 aliphatic rings. The van der Waals surface area contributed by atoms with Gasteiger partial charge in [-0.25, -0.2) is 0 Å². The van der Waals surface area contributed by atoms with Gasteiger partial charge in [-0.3, -0.25) is 9.48 Å². The molecular formula is C17H25N3O3. The first-order chi connectivity index (χ1) is 11.2. The number of aliphatic hydroxyl groups is 1. The number of hydrogen-bond donors (Lipinski definition) is 1. The predicted octanol–water partition coefficient (Wildman–Crippen LogP) is 1.49. The van der Waals surface area contributed by atoms with Crippen molar-refractivity contribution in [2.75, 3.05) is 19.8 Å². The van der Waals surface area contributed by atoms with Crippen LogP contribution in [-0.2, 0) is 22.6 Å². The number of rotatable bonds is 3. The number of fused-ring (bicyclic) bond motifs is 1. The van der Waals surface area contributed by atoms with Crippen LogP contribution >= 0.6 is 0 Å². The fourth-order valence-corrected chi connectivity index (χ4v) is 3.67. The van der Waals surface area contributed by atoms with Gasteiger partial charge in [-0.1, -0.05) is 0 Å². The zero-order valence-corrected chi connectivity index (χ0v) is 13.5. The first kappa shape index (κ1) is 15.1. The van der Waals surface area contributed by atoms with Crippen LogP contribution in [0.2, 0.25) is 0 Å². The zero-order valence-electron chi connectivity index (χ0n) is 13.5. The molecule has 2 aliphatic heterocycles. The van der Waals surface area contributed by atoms with Crippen molar-refractivity contribution in [1.29, 1.82) is 0 Å². The van der Waals surface area contributed by atoms with Crippen LogP contribution in [0.4, 0.5) is 0 Å². The molecule has 23 heavy (non-hydrogen) atoms. The molecule has 1 amide bonds. The second-order valence-corrected chi connectivity index (χ2v) is 7.07. The van der Waals surface area contributed by atoms with Crippen molar-refractivity contribution in [3.05, 3.63) is 17.5 Å². The summed E-state index contributed by atoms with van der Waals surface area (Å²) in [5.74, 6) is 0.746. The van der Waals surface area contributed by atoms with Crippen molar-refractivity contribution in [1.82, 2.24) is 14.7 Å². The number of aliphatic hydroxyl groups excluding tert-OH is 1. The molecule has 1 aliphatic carbocycles. The zero-order chi connectivity index (χ0) is 15.8. The molecule has 0 aromatic carbocycles. The van der Waals surface area contributed by atoms with Gasteiger partial charge in [0.1, 0.15) is 6.10 Å². The van der Waals surface area contributed by atoms with Gasteiger partial charge >= 0.3 is 0 Å². The molecule has 1 saturated carbocycles. The number of nitrogens with zero attached hydrogens (tertiary/aromatic N) is 3. The van der Waals surface area contributed by atoms with Crippen LogP contribution in [0.15, 0.2) is 6.07 Å². The van der Waals surface area contributed by atoms with Crippen molar-refractivity contribution in [2.24, 2.45) is 11.8 Å². The first-order valence-corrected chi connectivity index (χ1v) is 8.83. The minimum absolute atomic E-state index is 0.106. The van der Waals surface area contributed by atoms with E-state index in [-0.39, 0.29) is 11.8 Å². The largest absolute Gasteiger partial charge is 0.386 e. The maximum atomic E-state index is 12.8. The third kappa shape index (κ3) is 3.15. The van der Waals surface area contributed by atoms with Crippen molar-refractivity contribution >= 4 is 5.91 Å². The van der Waals surface area contributed by atoms with Gasteiger partial charge in [-0.15, -0.1) is 0 Å². The van der Waals surface area contributed by atoms with Crippen LogP contribution in [-0.4, -0.2) is 45.5 Å². The molecule has 0 unspecified atom stereocenters.